The Morgan fingerprint density at radius 2 is 2.23 bits per heavy atom. The van der Waals surface area contributed by atoms with Crippen LogP contribution >= 0.6 is 15.9 Å². The second-order valence-corrected chi connectivity index (χ2v) is 3.00. The van der Waals surface area contributed by atoms with E-state index in [0.717, 1.165) is 5.56 Å². The molecule has 0 saturated heterocycles. The summed E-state index contributed by atoms with van der Waals surface area (Å²) < 4.78 is 22.7. The van der Waals surface area contributed by atoms with Gasteiger partial charge in [0.15, 0.2) is 6.79 Å². The second kappa shape index (κ2) is 5.19. The van der Waals surface area contributed by atoms with E-state index >= 15 is 0 Å². The highest BCUT2D eigenvalue weighted by atomic mass is 79.9. The summed E-state index contributed by atoms with van der Waals surface area (Å²) in [6.45, 7) is 0.172. The molecule has 0 heterocycles. The third kappa shape index (κ3) is 2.97. The van der Waals surface area contributed by atoms with E-state index in [1.54, 1.807) is 6.07 Å². The fraction of sp³-hybridized carbons (Fsp3) is 0.333. The van der Waals surface area contributed by atoms with Gasteiger partial charge in [-0.2, -0.15) is 0 Å². The molecule has 0 saturated carbocycles. The minimum Gasteiger partial charge on any atom is -0.467 e. The Balaban J connectivity index is 2.79. The second-order valence-electron chi connectivity index (χ2n) is 2.44. The molecule has 0 N–H and O–H groups in total. The molecule has 0 radical (unpaired) electrons. The van der Waals surface area contributed by atoms with Crippen LogP contribution < -0.4 is 4.74 Å². The molecule has 0 aromatic heterocycles. The number of hydrogen-bond donors (Lipinski definition) is 0. The topological polar surface area (TPSA) is 18.5 Å². The Hall–Kier alpha value is -0.610. The zero-order valence-electron chi connectivity index (χ0n) is 7.22. The lowest BCUT2D eigenvalue weighted by Crippen LogP contribution is -2.01. The maximum atomic E-state index is 12.7. The van der Waals surface area contributed by atoms with E-state index in [2.05, 4.69) is 15.9 Å². The minimum atomic E-state index is -0.265. The van der Waals surface area contributed by atoms with Gasteiger partial charge in [-0.1, -0.05) is 15.9 Å². The van der Waals surface area contributed by atoms with Crippen LogP contribution in [-0.2, 0) is 10.1 Å². The maximum absolute atomic E-state index is 12.7. The van der Waals surface area contributed by atoms with Crippen molar-refractivity contribution in [1.29, 1.82) is 0 Å². The van der Waals surface area contributed by atoms with E-state index in [-0.39, 0.29) is 12.6 Å². The minimum absolute atomic E-state index is 0.172. The molecule has 0 amide bonds. The first kappa shape index (κ1) is 10.5. The summed E-state index contributed by atoms with van der Waals surface area (Å²) in [6, 6.07) is 4.38. The maximum Gasteiger partial charge on any atom is 0.188 e. The molecule has 0 aliphatic rings. The summed E-state index contributed by atoms with van der Waals surface area (Å²) in [5.41, 5.74) is 0.775. The molecule has 1 aromatic carbocycles. The largest absolute Gasteiger partial charge is 0.467 e. The van der Waals surface area contributed by atoms with Gasteiger partial charge in [-0.05, 0) is 18.2 Å². The van der Waals surface area contributed by atoms with Crippen molar-refractivity contribution in [3.05, 3.63) is 29.6 Å². The molecule has 1 rings (SSSR count). The van der Waals surface area contributed by atoms with Crippen molar-refractivity contribution in [2.75, 3.05) is 13.9 Å². The van der Waals surface area contributed by atoms with Gasteiger partial charge in [0.1, 0.15) is 11.6 Å². The highest BCUT2D eigenvalue weighted by molar-refractivity contribution is 9.08. The van der Waals surface area contributed by atoms with E-state index in [9.17, 15) is 4.39 Å². The first-order valence-electron chi connectivity index (χ1n) is 3.74. The molecule has 0 atom stereocenters. The Bertz CT molecular complexity index is 278. The lowest BCUT2D eigenvalue weighted by atomic mass is 10.2. The fourth-order valence-corrected chi connectivity index (χ4v) is 1.35. The Kier molecular flexibility index (Phi) is 4.18. The van der Waals surface area contributed by atoms with Gasteiger partial charge in [0, 0.05) is 18.0 Å². The van der Waals surface area contributed by atoms with Crippen LogP contribution in [0.3, 0.4) is 0 Å². The summed E-state index contributed by atoms with van der Waals surface area (Å²) in [5.74, 6) is 0.374. The number of benzene rings is 1. The molecule has 0 aliphatic carbocycles. The zero-order valence-corrected chi connectivity index (χ0v) is 8.80. The first-order chi connectivity index (χ1) is 6.27. The Morgan fingerprint density at radius 1 is 1.46 bits per heavy atom. The van der Waals surface area contributed by atoms with Crippen LogP contribution in [0.5, 0.6) is 5.75 Å². The lowest BCUT2D eigenvalue weighted by Gasteiger charge is -2.08. The summed E-state index contributed by atoms with van der Waals surface area (Å²) >= 11 is 3.25. The first-order valence-corrected chi connectivity index (χ1v) is 4.86. The van der Waals surface area contributed by atoms with Crippen LogP contribution in [0.4, 0.5) is 4.39 Å². The third-order valence-electron chi connectivity index (χ3n) is 1.50. The van der Waals surface area contributed by atoms with Crippen molar-refractivity contribution in [2.45, 2.75) is 5.33 Å². The van der Waals surface area contributed by atoms with Gasteiger partial charge in [0.25, 0.3) is 0 Å². The van der Waals surface area contributed by atoms with E-state index in [1.807, 2.05) is 0 Å². The van der Waals surface area contributed by atoms with Crippen molar-refractivity contribution in [1.82, 2.24) is 0 Å². The molecule has 0 bridgehead atoms. The highest BCUT2D eigenvalue weighted by Gasteiger charge is 2.03. The van der Waals surface area contributed by atoms with Crippen molar-refractivity contribution in [3.63, 3.8) is 0 Å². The van der Waals surface area contributed by atoms with Crippen LogP contribution in [0.15, 0.2) is 18.2 Å². The quantitative estimate of drug-likeness (QED) is 0.603. The summed E-state index contributed by atoms with van der Waals surface area (Å²) in [5, 5.41) is 0.559. The molecular weight excluding hydrogens is 239 g/mol. The average molecular weight is 249 g/mol. The number of hydrogen-bond acceptors (Lipinski definition) is 2. The standard InChI is InChI=1S/C9H10BrFO2/c1-12-6-13-9-3-2-8(11)4-7(9)5-10/h2-4H,5-6H2,1H3. The zero-order chi connectivity index (χ0) is 9.68. The molecular formula is C9H10BrFO2. The van der Waals surface area contributed by atoms with Gasteiger partial charge in [-0.3, -0.25) is 0 Å². The molecule has 0 fully saturated rings. The van der Waals surface area contributed by atoms with Gasteiger partial charge in [-0.25, -0.2) is 4.39 Å². The van der Waals surface area contributed by atoms with E-state index in [4.69, 9.17) is 9.47 Å². The van der Waals surface area contributed by atoms with Crippen molar-refractivity contribution < 1.29 is 13.9 Å². The Labute approximate surface area is 84.8 Å². The van der Waals surface area contributed by atoms with Crippen molar-refractivity contribution in [2.24, 2.45) is 0 Å². The normalized spacial score (nSPS) is 10.1. The fourth-order valence-electron chi connectivity index (χ4n) is 0.916. The van der Waals surface area contributed by atoms with Gasteiger partial charge in [0.05, 0.1) is 0 Å². The molecule has 1 aromatic rings. The van der Waals surface area contributed by atoms with Crippen LogP contribution in [0.2, 0.25) is 0 Å². The average Bonchev–Trinajstić information content (AvgIpc) is 2.16. The number of alkyl halides is 1. The molecule has 0 unspecified atom stereocenters. The predicted octanol–water partition coefficient (Wildman–Crippen LogP) is 2.70. The molecule has 72 valence electrons. The molecule has 0 aliphatic heterocycles. The molecule has 13 heavy (non-hydrogen) atoms. The van der Waals surface area contributed by atoms with Crippen molar-refractivity contribution >= 4 is 15.9 Å². The van der Waals surface area contributed by atoms with Crippen LogP contribution in [0, 0.1) is 5.82 Å². The highest BCUT2D eigenvalue weighted by Crippen LogP contribution is 2.21. The van der Waals surface area contributed by atoms with Crippen molar-refractivity contribution in [3.8, 4) is 5.75 Å². The molecule has 2 nitrogen and oxygen atoms in total. The van der Waals surface area contributed by atoms with Gasteiger partial charge in [0.2, 0.25) is 0 Å². The smallest absolute Gasteiger partial charge is 0.188 e. The van der Waals surface area contributed by atoms with Crippen LogP contribution in [-0.4, -0.2) is 13.9 Å². The molecule has 4 heteroatoms. The third-order valence-corrected chi connectivity index (χ3v) is 2.10. The SMILES string of the molecule is COCOc1ccc(F)cc1CBr. The lowest BCUT2D eigenvalue weighted by molar-refractivity contribution is 0.0505. The van der Waals surface area contributed by atoms with E-state index < -0.39 is 0 Å². The number of halogens is 2. The van der Waals surface area contributed by atoms with Crippen LogP contribution in [0.1, 0.15) is 5.56 Å². The number of methoxy groups -OCH3 is 1. The summed E-state index contributed by atoms with van der Waals surface area (Å²) in [7, 11) is 1.54. The molecule has 0 spiro atoms. The summed E-state index contributed by atoms with van der Waals surface area (Å²) in [6.07, 6.45) is 0. The van der Waals surface area contributed by atoms with Gasteiger partial charge < -0.3 is 9.47 Å². The Morgan fingerprint density at radius 3 is 2.85 bits per heavy atom. The van der Waals surface area contributed by atoms with E-state index in [0.29, 0.717) is 11.1 Å². The van der Waals surface area contributed by atoms with Gasteiger partial charge in [-0.15, -0.1) is 0 Å². The van der Waals surface area contributed by atoms with Crippen LogP contribution in [0.25, 0.3) is 0 Å². The van der Waals surface area contributed by atoms with Gasteiger partial charge >= 0.3 is 0 Å². The number of ether oxygens (including phenoxy) is 2. The monoisotopic (exact) mass is 248 g/mol. The summed E-state index contributed by atoms with van der Waals surface area (Å²) in [4.78, 5) is 0. The van der Waals surface area contributed by atoms with E-state index in [1.165, 1.54) is 19.2 Å². The number of rotatable bonds is 4. The predicted molar refractivity (Wildman–Crippen MR) is 51.5 cm³/mol.